The first-order valence-corrected chi connectivity index (χ1v) is 11.1. The van der Waals surface area contributed by atoms with Gasteiger partial charge < -0.3 is 19.4 Å². The highest BCUT2D eigenvalue weighted by Gasteiger charge is 2.34. The molecule has 1 unspecified atom stereocenters. The third-order valence-corrected chi connectivity index (χ3v) is 5.81. The fourth-order valence-electron chi connectivity index (χ4n) is 4.00. The molecular weight excluding hydrogens is 420 g/mol. The summed E-state index contributed by atoms with van der Waals surface area (Å²) in [4.78, 5) is 27.5. The summed E-state index contributed by atoms with van der Waals surface area (Å²) >= 11 is 0. The highest BCUT2D eigenvalue weighted by molar-refractivity contribution is 5.98. The van der Waals surface area contributed by atoms with Gasteiger partial charge in [-0.1, -0.05) is 23.8 Å². The fraction of sp³-hybridized carbons (Fsp3) is 0.360. The van der Waals surface area contributed by atoms with E-state index in [-0.39, 0.29) is 18.2 Å². The van der Waals surface area contributed by atoms with E-state index in [0.29, 0.717) is 42.6 Å². The Kier molecular flexibility index (Phi) is 6.72. The van der Waals surface area contributed by atoms with Gasteiger partial charge in [0.25, 0.3) is 0 Å². The number of rotatable bonds is 7. The van der Waals surface area contributed by atoms with Crippen molar-refractivity contribution in [1.82, 2.24) is 15.1 Å². The Balaban J connectivity index is 1.37. The largest absolute Gasteiger partial charge is 0.495 e. The zero-order valence-electron chi connectivity index (χ0n) is 19.1. The quantitative estimate of drug-likeness (QED) is 0.588. The summed E-state index contributed by atoms with van der Waals surface area (Å²) in [7, 11) is 1.56. The van der Waals surface area contributed by atoms with E-state index in [0.717, 1.165) is 23.1 Å². The lowest BCUT2D eigenvalue weighted by atomic mass is 10.1. The third-order valence-electron chi connectivity index (χ3n) is 5.81. The van der Waals surface area contributed by atoms with E-state index in [4.69, 9.17) is 9.15 Å². The number of aryl methyl sites for hydroxylation is 3. The average Bonchev–Trinajstić information content (AvgIpc) is 3.48. The number of hydrogen-bond acceptors (Lipinski definition) is 6. The topological polar surface area (TPSA) is 97.6 Å². The lowest BCUT2D eigenvalue weighted by Crippen LogP contribution is -2.43. The van der Waals surface area contributed by atoms with E-state index in [2.05, 4.69) is 15.5 Å². The Morgan fingerprint density at radius 1 is 1.12 bits per heavy atom. The molecule has 0 radical (unpaired) electrons. The second-order valence-corrected chi connectivity index (χ2v) is 8.31. The first kappa shape index (κ1) is 22.5. The van der Waals surface area contributed by atoms with Crippen LogP contribution in [0, 0.1) is 13.8 Å². The predicted octanol–water partition coefficient (Wildman–Crippen LogP) is 3.92. The number of carbonyl (C=O) groups is 2. The molecule has 8 heteroatoms. The number of anilines is 1. The molecule has 2 aromatic carbocycles. The van der Waals surface area contributed by atoms with Crippen LogP contribution < -0.4 is 10.1 Å². The van der Waals surface area contributed by atoms with Crippen molar-refractivity contribution >= 4 is 17.5 Å². The van der Waals surface area contributed by atoms with Crippen molar-refractivity contribution in [3.8, 4) is 17.2 Å². The number of methoxy groups -OCH3 is 1. The summed E-state index contributed by atoms with van der Waals surface area (Å²) < 4.78 is 11.1. The fourth-order valence-corrected chi connectivity index (χ4v) is 4.00. The Labute approximate surface area is 193 Å². The summed E-state index contributed by atoms with van der Waals surface area (Å²) in [6.07, 6.45) is 1.94. The van der Waals surface area contributed by atoms with Gasteiger partial charge in [-0.15, -0.1) is 10.2 Å². The summed E-state index contributed by atoms with van der Waals surface area (Å²) in [6.45, 7) is 4.51. The van der Waals surface area contributed by atoms with Crippen molar-refractivity contribution in [2.24, 2.45) is 0 Å². The monoisotopic (exact) mass is 448 g/mol. The van der Waals surface area contributed by atoms with Gasteiger partial charge in [0.1, 0.15) is 11.8 Å². The van der Waals surface area contributed by atoms with E-state index in [1.165, 1.54) is 0 Å². The van der Waals surface area contributed by atoms with Gasteiger partial charge in [0.2, 0.25) is 23.6 Å². The minimum absolute atomic E-state index is 0.0982. The van der Waals surface area contributed by atoms with Crippen molar-refractivity contribution < 1.29 is 18.7 Å². The number of likely N-dealkylation sites (tertiary alicyclic amines) is 1. The first-order chi connectivity index (χ1) is 15.9. The molecule has 1 aliphatic heterocycles. The molecule has 0 spiro atoms. The highest BCUT2D eigenvalue weighted by atomic mass is 16.5. The lowest BCUT2D eigenvalue weighted by Gasteiger charge is -2.24. The highest BCUT2D eigenvalue weighted by Crippen LogP contribution is 2.27. The van der Waals surface area contributed by atoms with E-state index in [9.17, 15) is 9.59 Å². The van der Waals surface area contributed by atoms with E-state index >= 15 is 0 Å². The molecule has 8 nitrogen and oxygen atoms in total. The van der Waals surface area contributed by atoms with Crippen LogP contribution in [0.3, 0.4) is 0 Å². The predicted molar refractivity (Wildman–Crippen MR) is 124 cm³/mol. The number of nitrogens with one attached hydrogen (secondary N) is 1. The van der Waals surface area contributed by atoms with Crippen LogP contribution in [0.5, 0.6) is 5.75 Å². The van der Waals surface area contributed by atoms with Gasteiger partial charge in [0, 0.05) is 24.9 Å². The van der Waals surface area contributed by atoms with Gasteiger partial charge in [-0.05, 0) is 56.5 Å². The standard InChI is InChI=1S/C25H28N4O4/c1-16-6-9-18(10-7-16)25-28-27-22(33-25)12-13-23(30)29-14-4-5-20(29)24(31)26-19-15-17(2)8-11-21(19)32-3/h6-11,15,20H,4-5,12-14H2,1-3H3,(H,26,31). The summed E-state index contributed by atoms with van der Waals surface area (Å²) in [6, 6.07) is 12.9. The zero-order chi connectivity index (χ0) is 23.4. The molecular formula is C25H28N4O4. The third kappa shape index (κ3) is 5.22. The summed E-state index contributed by atoms with van der Waals surface area (Å²) in [5.74, 6) is 1.13. The van der Waals surface area contributed by atoms with Crippen LogP contribution in [0.25, 0.3) is 11.5 Å². The molecule has 2 heterocycles. The molecule has 1 saturated heterocycles. The van der Waals surface area contributed by atoms with Crippen molar-refractivity contribution in [2.45, 2.75) is 45.6 Å². The summed E-state index contributed by atoms with van der Waals surface area (Å²) in [5.41, 5.74) is 3.61. The maximum absolute atomic E-state index is 13.0. The number of amides is 2. The smallest absolute Gasteiger partial charge is 0.247 e. The molecule has 172 valence electrons. The van der Waals surface area contributed by atoms with Crippen LogP contribution in [0.4, 0.5) is 5.69 Å². The van der Waals surface area contributed by atoms with Crippen LogP contribution in [-0.4, -0.2) is 46.6 Å². The zero-order valence-corrected chi connectivity index (χ0v) is 19.1. The Morgan fingerprint density at radius 2 is 1.88 bits per heavy atom. The lowest BCUT2D eigenvalue weighted by molar-refractivity contribution is -0.136. The van der Waals surface area contributed by atoms with Crippen molar-refractivity contribution in [3.05, 3.63) is 59.5 Å². The molecule has 0 aliphatic carbocycles. The van der Waals surface area contributed by atoms with E-state index in [1.54, 1.807) is 12.0 Å². The number of ether oxygens (including phenoxy) is 1. The molecule has 1 aromatic heterocycles. The van der Waals surface area contributed by atoms with E-state index < -0.39 is 6.04 Å². The molecule has 0 bridgehead atoms. The average molecular weight is 449 g/mol. The first-order valence-electron chi connectivity index (χ1n) is 11.1. The van der Waals surface area contributed by atoms with Crippen LogP contribution in [-0.2, 0) is 16.0 Å². The Hall–Kier alpha value is -3.68. The van der Waals surface area contributed by atoms with Gasteiger partial charge in [-0.3, -0.25) is 9.59 Å². The number of carbonyl (C=O) groups excluding carboxylic acids is 2. The van der Waals surface area contributed by atoms with E-state index in [1.807, 2.05) is 56.3 Å². The molecule has 1 fully saturated rings. The van der Waals surface area contributed by atoms with Crippen molar-refractivity contribution in [1.29, 1.82) is 0 Å². The molecule has 1 atom stereocenters. The number of benzene rings is 2. The molecule has 0 saturated carbocycles. The second kappa shape index (κ2) is 9.85. The van der Waals surface area contributed by atoms with Gasteiger partial charge in [-0.2, -0.15) is 0 Å². The normalized spacial score (nSPS) is 15.5. The molecule has 4 rings (SSSR count). The van der Waals surface area contributed by atoms with Crippen molar-refractivity contribution in [3.63, 3.8) is 0 Å². The maximum atomic E-state index is 13.0. The molecule has 33 heavy (non-hydrogen) atoms. The SMILES string of the molecule is COc1ccc(C)cc1NC(=O)C1CCCN1C(=O)CCc1nnc(-c2ccc(C)cc2)o1. The molecule has 1 aliphatic rings. The van der Waals surface area contributed by atoms with Gasteiger partial charge in [0.15, 0.2) is 0 Å². The number of nitrogens with zero attached hydrogens (tertiary/aromatic N) is 3. The van der Waals surface area contributed by atoms with Crippen LogP contribution in [0.1, 0.15) is 36.3 Å². The van der Waals surface area contributed by atoms with Gasteiger partial charge in [-0.25, -0.2) is 0 Å². The minimum atomic E-state index is -0.506. The van der Waals surface area contributed by atoms with Crippen LogP contribution in [0.2, 0.25) is 0 Å². The second-order valence-electron chi connectivity index (χ2n) is 8.31. The Morgan fingerprint density at radius 3 is 2.64 bits per heavy atom. The Bertz CT molecular complexity index is 1140. The van der Waals surface area contributed by atoms with Gasteiger partial charge >= 0.3 is 0 Å². The van der Waals surface area contributed by atoms with Crippen molar-refractivity contribution in [2.75, 3.05) is 19.0 Å². The van der Waals surface area contributed by atoms with Crippen LogP contribution in [0.15, 0.2) is 46.9 Å². The number of hydrogen-bond donors (Lipinski definition) is 1. The van der Waals surface area contributed by atoms with Gasteiger partial charge in [0.05, 0.1) is 12.8 Å². The minimum Gasteiger partial charge on any atom is -0.495 e. The molecule has 1 N–H and O–H groups in total. The van der Waals surface area contributed by atoms with Crippen LogP contribution >= 0.6 is 0 Å². The molecule has 3 aromatic rings. The number of aromatic nitrogens is 2. The maximum Gasteiger partial charge on any atom is 0.247 e. The summed E-state index contributed by atoms with van der Waals surface area (Å²) in [5, 5.41) is 11.1. The molecule has 2 amide bonds.